The summed E-state index contributed by atoms with van der Waals surface area (Å²) in [6.45, 7) is 0.735. The number of esters is 2. The molecule has 8 nitrogen and oxygen atoms in total. The lowest BCUT2D eigenvalue weighted by Gasteiger charge is -2.32. The van der Waals surface area contributed by atoms with Gasteiger partial charge in [0.05, 0.1) is 49.1 Å². The van der Waals surface area contributed by atoms with Crippen molar-refractivity contribution in [3.63, 3.8) is 0 Å². The van der Waals surface area contributed by atoms with Crippen LogP contribution < -0.4 is 10.1 Å². The molecule has 2 aromatic carbocycles. The Labute approximate surface area is 195 Å². The average Bonchev–Trinajstić information content (AvgIpc) is 3.16. The number of ether oxygens (including phenoxy) is 3. The first-order valence-corrected chi connectivity index (χ1v) is 11.0. The molecule has 0 amide bonds. The number of hydrogen-bond donors (Lipinski definition) is 1. The lowest BCUT2D eigenvalue weighted by atomic mass is 9.96. The molecule has 3 aromatic rings. The summed E-state index contributed by atoms with van der Waals surface area (Å²) in [5.41, 5.74) is 3.80. The number of benzene rings is 2. The van der Waals surface area contributed by atoms with Gasteiger partial charge in [-0.25, -0.2) is 4.68 Å². The van der Waals surface area contributed by atoms with Crippen LogP contribution in [0.2, 0.25) is 5.02 Å². The summed E-state index contributed by atoms with van der Waals surface area (Å²) in [5, 5.41) is 8.27. The van der Waals surface area contributed by atoms with Crippen molar-refractivity contribution in [1.29, 1.82) is 0 Å². The van der Waals surface area contributed by atoms with Crippen LogP contribution >= 0.6 is 11.6 Å². The fourth-order valence-electron chi connectivity index (χ4n) is 4.35. The van der Waals surface area contributed by atoms with Gasteiger partial charge in [0.1, 0.15) is 5.75 Å². The molecule has 1 aromatic heterocycles. The van der Waals surface area contributed by atoms with Crippen LogP contribution in [-0.2, 0) is 31.3 Å². The largest absolute Gasteiger partial charge is 0.497 e. The minimum atomic E-state index is -1.55. The number of carbonyl (C=O) groups excluding carboxylic acids is 2. The molecule has 33 heavy (non-hydrogen) atoms. The normalized spacial score (nSPS) is 17.5. The Hall–Kier alpha value is -3.36. The Kier molecular flexibility index (Phi) is 5.55. The second-order valence-electron chi connectivity index (χ2n) is 7.91. The highest BCUT2D eigenvalue weighted by Crippen LogP contribution is 2.40. The quantitative estimate of drug-likeness (QED) is 0.590. The van der Waals surface area contributed by atoms with Gasteiger partial charge in [-0.15, -0.1) is 0 Å². The van der Waals surface area contributed by atoms with Crippen molar-refractivity contribution >= 4 is 23.5 Å². The molecule has 5 rings (SSSR count). The van der Waals surface area contributed by atoms with E-state index in [4.69, 9.17) is 25.8 Å². The maximum atomic E-state index is 12.4. The summed E-state index contributed by atoms with van der Waals surface area (Å²) in [4.78, 5) is 24.7. The maximum Gasteiger partial charge on any atom is 0.309 e. The van der Waals surface area contributed by atoms with Crippen LogP contribution in [0.5, 0.6) is 5.75 Å². The van der Waals surface area contributed by atoms with Crippen LogP contribution in [0.25, 0.3) is 16.9 Å². The summed E-state index contributed by atoms with van der Waals surface area (Å²) >= 11 is 6.71. The molecule has 1 fully saturated rings. The Morgan fingerprint density at radius 3 is 2.45 bits per heavy atom. The molecule has 2 aliphatic rings. The molecule has 9 heteroatoms. The second kappa shape index (κ2) is 8.53. The van der Waals surface area contributed by atoms with E-state index in [2.05, 4.69) is 10.4 Å². The van der Waals surface area contributed by atoms with Gasteiger partial charge in [0, 0.05) is 11.1 Å². The van der Waals surface area contributed by atoms with E-state index in [0.29, 0.717) is 29.2 Å². The van der Waals surface area contributed by atoms with E-state index in [0.717, 1.165) is 22.6 Å². The summed E-state index contributed by atoms with van der Waals surface area (Å²) in [5.74, 6) is -1.76. The minimum absolute atomic E-state index is 0.0167. The molecule has 0 unspecified atom stereocenters. The molecule has 0 aliphatic carbocycles. The van der Waals surface area contributed by atoms with Crippen molar-refractivity contribution in [2.45, 2.75) is 25.0 Å². The topological polar surface area (TPSA) is 91.7 Å². The molecule has 0 atom stereocenters. The standard InChI is InChI=1S/C24H22ClN3O5/c1-31-16-4-2-15(3-5-16)20-11-13-27-28(20)23-17-10-12-26-14-24(18(17)6-7-19(23)25)32-21(29)8-9-22(30)33-24/h2-7,11,13,26H,8-10,12,14H2,1H3. The van der Waals surface area contributed by atoms with E-state index in [9.17, 15) is 9.59 Å². The lowest BCUT2D eigenvalue weighted by molar-refractivity contribution is -0.225. The van der Waals surface area contributed by atoms with Crippen LogP contribution in [0.3, 0.4) is 0 Å². The first-order valence-electron chi connectivity index (χ1n) is 10.7. The first kappa shape index (κ1) is 21.5. The van der Waals surface area contributed by atoms with Crippen molar-refractivity contribution in [2.24, 2.45) is 0 Å². The molecule has 3 heterocycles. The molecule has 1 spiro atoms. The third-order valence-corrected chi connectivity index (χ3v) is 6.19. The number of rotatable bonds is 3. The van der Waals surface area contributed by atoms with Gasteiger partial charge in [0.25, 0.3) is 5.79 Å². The molecule has 1 saturated heterocycles. The minimum Gasteiger partial charge on any atom is -0.497 e. The summed E-state index contributed by atoms with van der Waals surface area (Å²) in [6, 6.07) is 13.0. The molecule has 1 N–H and O–H groups in total. The molecule has 2 aliphatic heterocycles. The second-order valence-corrected chi connectivity index (χ2v) is 8.31. The van der Waals surface area contributed by atoms with Crippen LogP contribution in [0.1, 0.15) is 24.0 Å². The van der Waals surface area contributed by atoms with Crippen molar-refractivity contribution in [2.75, 3.05) is 20.2 Å². The van der Waals surface area contributed by atoms with E-state index >= 15 is 0 Å². The van der Waals surface area contributed by atoms with Gasteiger partial charge in [0.2, 0.25) is 0 Å². The summed E-state index contributed by atoms with van der Waals surface area (Å²) < 4.78 is 18.5. The van der Waals surface area contributed by atoms with Gasteiger partial charge in [-0.2, -0.15) is 5.10 Å². The number of carbonyl (C=O) groups is 2. The highest BCUT2D eigenvalue weighted by Gasteiger charge is 2.46. The maximum absolute atomic E-state index is 12.4. The van der Waals surface area contributed by atoms with E-state index in [1.807, 2.05) is 30.3 Å². The number of halogens is 1. The van der Waals surface area contributed by atoms with Crippen molar-refractivity contribution in [3.8, 4) is 22.7 Å². The van der Waals surface area contributed by atoms with Crippen molar-refractivity contribution < 1.29 is 23.8 Å². The van der Waals surface area contributed by atoms with Gasteiger partial charge >= 0.3 is 11.9 Å². The molecule has 0 saturated carbocycles. The zero-order valence-corrected chi connectivity index (χ0v) is 18.7. The Bertz CT molecular complexity index is 1200. The smallest absolute Gasteiger partial charge is 0.309 e. The highest BCUT2D eigenvalue weighted by atomic mass is 35.5. The molecular formula is C24H22ClN3O5. The fourth-order valence-corrected chi connectivity index (χ4v) is 4.60. The van der Waals surface area contributed by atoms with E-state index in [-0.39, 0.29) is 19.4 Å². The Morgan fingerprint density at radius 2 is 1.76 bits per heavy atom. The van der Waals surface area contributed by atoms with E-state index < -0.39 is 17.7 Å². The number of fused-ring (bicyclic) bond motifs is 2. The SMILES string of the molecule is COc1ccc(-c2ccnn2-c2c(Cl)ccc3c2CCNCC32OC(=O)CCC(=O)O2)cc1. The van der Waals surface area contributed by atoms with Crippen LogP contribution in [0.15, 0.2) is 48.7 Å². The average molecular weight is 468 g/mol. The van der Waals surface area contributed by atoms with Gasteiger partial charge in [-0.05, 0) is 61.0 Å². The molecule has 170 valence electrons. The van der Waals surface area contributed by atoms with E-state index in [1.165, 1.54) is 0 Å². The third-order valence-electron chi connectivity index (χ3n) is 5.88. The van der Waals surface area contributed by atoms with Gasteiger partial charge in [0.15, 0.2) is 0 Å². The highest BCUT2D eigenvalue weighted by molar-refractivity contribution is 6.32. The predicted octanol–water partition coefficient (Wildman–Crippen LogP) is 3.38. The lowest BCUT2D eigenvalue weighted by Crippen LogP contribution is -2.43. The number of methoxy groups -OCH3 is 1. The number of aromatic nitrogens is 2. The number of hydrogen-bond acceptors (Lipinski definition) is 7. The van der Waals surface area contributed by atoms with Gasteiger partial charge in [-0.1, -0.05) is 11.6 Å². The zero-order chi connectivity index (χ0) is 23.0. The number of nitrogens with zero attached hydrogens (tertiary/aromatic N) is 2. The summed E-state index contributed by atoms with van der Waals surface area (Å²) in [6.07, 6.45) is 2.24. The third kappa shape index (κ3) is 3.85. The fraction of sp³-hybridized carbons (Fsp3) is 0.292. The summed E-state index contributed by atoms with van der Waals surface area (Å²) in [7, 11) is 1.62. The monoisotopic (exact) mass is 467 g/mol. The van der Waals surface area contributed by atoms with Crippen molar-refractivity contribution in [3.05, 3.63) is 64.8 Å². The van der Waals surface area contributed by atoms with Crippen LogP contribution in [0.4, 0.5) is 0 Å². The van der Waals surface area contributed by atoms with Crippen LogP contribution in [-0.4, -0.2) is 41.9 Å². The predicted molar refractivity (Wildman–Crippen MR) is 120 cm³/mol. The van der Waals surface area contributed by atoms with E-state index in [1.54, 1.807) is 30.1 Å². The van der Waals surface area contributed by atoms with Gasteiger partial charge < -0.3 is 19.5 Å². The number of nitrogens with one attached hydrogen (secondary N) is 1. The Morgan fingerprint density at radius 1 is 1.03 bits per heavy atom. The van der Waals surface area contributed by atoms with Crippen molar-refractivity contribution in [1.82, 2.24) is 15.1 Å². The molecular weight excluding hydrogens is 446 g/mol. The van der Waals surface area contributed by atoms with Crippen LogP contribution in [0, 0.1) is 0 Å². The van der Waals surface area contributed by atoms with Gasteiger partial charge in [-0.3, -0.25) is 9.59 Å². The first-order chi connectivity index (χ1) is 16.0. The molecule has 0 radical (unpaired) electrons. The zero-order valence-electron chi connectivity index (χ0n) is 18.0. The Balaban J connectivity index is 1.68. The molecule has 0 bridgehead atoms.